The van der Waals surface area contributed by atoms with Gasteiger partial charge in [0.25, 0.3) is 0 Å². The summed E-state index contributed by atoms with van der Waals surface area (Å²) < 4.78 is 0. The summed E-state index contributed by atoms with van der Waals surface area (Å²) in [6.45, 7) is 4.61. The first-order valence-electron chi connectivity index (χ1n) is 19.5. The first-order valence-corrected chi connectivity index (χ1v) is 19.5. The highest BCUT2D eigenvalue weighted by Crippen LogP contribution is 2.59. The van der Waals surface area contributed by atoms with Gasteiger partial charge < -0.3 is 9.88 Å². The molecule has 1 aromatic heterocycles. The third kappa shape index (κ3) is 4.49. The van der Waals surface area contributed by atoms with Gasteiger partial charge in [0.15, 0.2) is 0 Å². The number of aryl methyl sites for hydroxylation is 2. The minimum absolute atomic E-state index is 0.519. The van der Waals surface area contributed by atoms with E-state index >= 15 is 0 Å². The molecule has 55 heavy (non-hydrogen) atoms. The molecule has 2 nitrogen and oxygen atoms in total. The van der Waals surface area contributed by atoms with Gasteiger partial charge in [-0.2, -0.15) is 0 Å². The third-order valence-electron chi connectivity index (χ3n) is 12.4. The van der Waals surface area contributed by atoms with Gasteiger partial charge in [0.1, 0.15) is 0 Å². The Bertz CT molecular complexity index is 2960. The number of benzene rings is 8. The minimum Gasteiger partial charge on any atom is -0.354 e. The quantitative estimate of drug-likeness (QED) is 0.193. The number of para-hydroxylation sites is 3. The average Bonchev–Trinajstić information content (AvgIpc) is 3.64. The van der Waals surface area contributed by atoms with Gasteiger partial charge in [-0.25, -0.2) is 0 Å². The molecule has 0 atom stereocenters. The number of anilines is 3. The second-order valence-electron chi connectivity index (χ2n) is 15.3. The van der Waals surface area contributed by atoms with Crippen molar-refractivity contribution in [2.24, 2.45) is 0 Å². The van der Waals surface area contributed by atoms with Gasteiger partial charge in [-0.15, -0.1) is 0 Å². The molecule has 0 saturated heterocycles. The van der Waals surface area contributed by atoms with Crippen molar-refractivity contribution in [1.82, 2.24) is 4.98 Å². The minimum atomic E-state index is -0.519. The highest BCUT2D eigenvalue weighted by molar-refractivity contribution is 6.17. The topological polar surface area (TPSA) is 19.0 Å². The number of allylic oxidation sites excluding steroid dienone is 1. The van der Waals surface area contributed by atoms with E-state index in [0.717, 1.165) is 12.8 Å². The summed E-state index contributed by atoms with van der Waals surface area (Å²) in [5.41, 5.74) is 18.4. The van der Waals surface area contributed by atoms with Crippen molar-refractivity contribution in [2.45, 2.75) is 32.1 Å². The Morgan fingerprint density at radius 2 is 1.29 bits per heavy atom. The Kier molecular flexibility index (Phi) is 7.06. The van der Waals surface area contributed by atoms with Crippen LogP contribution in [0.3, 0.4) is 0 Å². The van der Waals surface area contributed by atoms with Crippen LogP contribution in [0.5, 0.6) is 0 Å². The lowest BCUT2D eigenvalue weighted by Gasteiger charge is -2.47. The van der Waals surface area contributed by atoms with E-state index in [1.165, 1.54) is 105 Å². The summed E-state index contributed by atoms with van der Waals surface area (Å²) in [6, 6.07) is 61.0. The van der Waals surface area contributed by atoms with Crippen LogP contribution in [-0.4, -0.2) is 4.98 Å². The van der Waals surface area contributed by atoms with Crippen molar-refractivity contribution in [1.29, 1.82) is 0 Å². The number of nitrogens with zero attached hydrogens (tertiary/aromatic N) is 1. The molecule has 0 fully saturated rings. The molecule has 11 rings (SSSR count). The fraction of sp³-hybridized carbons (Fsp3) is 0.0943. The molecule has 1 N–H and O–H groups in total. The number of fused-ring (bicyclic) bond motifs is 8. The van der Waals surface area contributed by atoms with Crippen molar-refractivity contribution in [3.8, 4) is 11.1 Å². The van der Waals surface area contributed by atoms with E-state index in [9.17, 15) is 0 Å². The summed E-state index contributed by atoms with van der Waals surface area (Å²) in [5.74, 6) is 0. The molecule has 0 saturated carbocycles. The smallest absolute Gasteiger partial charge is 0.0742 e. The molecule has 1 aliphatic heterocycles. The van der Waals surface area contributed by atoms with E-state index in [4.69, 9.17) is 0 Å². The summed E-state index contributed by atoms with van der Waals surface area (Å²) in [4.78, 5) is 6.51. The van der Waals surface area contributed by atoms with Gasteiger partial charge in [0, 0.05) is 21.9 Å². The molecule has 9 aromatic rings. The van der Waals surface area contributed by atoms with Gasteiger partial charge in [0.2, 0.25) is 0 Å². The maximum absolute atomic E-state index is 3.94. The van der Waals surface area contributed by atoms with E-state index in [-0.39, 0.29) is 0 Å². The summed E-state index contributed by atoms with van der Waals surface area (Å²) >= 11 is 0. The Balaban J connectivity index is 1.23. The Hall–Kier alpha value is -6.64. The maximum atomic E-state index is 3.94. The lowest BCUT2D eigenvalue weighted by molar-refractivity contribution is 0.729. The molecule has 0 bridgehead atoms. The van der Waals surface area contributed by atoms with Crippen LogP contribution in [0.2, 0.25) is 0 Å². The SMILES string of the molecule is Cc1cccc2c1N(c1cc3ccccc3c(-c3cccc4c3[nH]c3ccc5c(c34)CCC=C5)c1C)c1ccccc1C2(c1ccccc1)c1ccccc1. The largest absolute Gasteiger partial charge is 0.354 e. The number of nitrogens with one attached hydrogen (secondary N) is 1. The predicted octanol–water partition coefficient (Wildman–Crippen LogP) is 13.9. The molecule has 0 amide bonds. The standard InChI is InChI=1S/C53H40N2/c1-34-17-15-29-45-52(34)55(47-30-14-13-28-44(47)53(45,38-20-5-3-6-21-38)39-22-7-4-8-23-39)48-33-37-19-10-12-25-41(37)49(35(48)2)42-26-16-27-43-50-40-24-11-9-18-36(40)31-32-46(50)54-51(42)43/h3-10,12-23,25-33,54H,11,24H2,1-2H3. The van der Waals surface area contributed by atoms with Gasteiger partial charge in [0.05, 0.1) is 28.0 Å². The highest BCUT2D eigenvalue weighted by Gasteiger charge is 2.47. The van der Waals surface area contributed by atoms with Gasteiger partial charge >= 0.3 is 0 Å². The summed E-state index contributed by atoms with van der Waals surface area (Å²) in [6.07, 6.45) is 6.75. The van der Waals surface area contributed by atoms with Crippen LogP contribution >= 0.6 is 0 Å². The molecular weight excluding hydrogens is 665 g/mol. The number of aromatic nitrogens is 1. The fourth-order valence-corrected chi connectivity index (χ4v) is 10.1. The molecule has 0 radical (unpaired) electrons. The lowest BCUT2D eigenvalue weighted by atomic mass is 9.62. The van der Waals surface area contributed by atoms with Crippen molar-refractivity contribution >= 4 is 55.7 Å². The van der Waals surface area contributed by atoms with Crippen LogP contribution in [0.25, 0.3) is 49.8 Å². The van der Waals surface area contributed by atoms with Crippen molar-refractivity contribution in [2.75, 3.05) is 4.90 Å². The second kappa shape index (κ2) is 12.2. The summed E-state index contributed by atoms with van der Waals surface area (Å²) in [5, 5.41) is 5.15. The van der Waals surface area contributed by atoms with Crippen molar-refractivity contribution in [3.63, 3.8) is 0 Å². The molecule has 0 unspecified atom stereocenters. The van der Waals surface area contributed by atoms with Gasteiger partial charge in [-0.1, -0.05) is 158 Å². The predicted molar refractivity (Wildman–Crippen MR) is 232 cm³/mol. The first kappa shape index (κ1) is 31.8. The van der Waals surface area contributed by atoms with Crippen molar-refractivity contribution < 1.29 is 0 Å². The van der Waals surface area contributed by atoms with E-state index < -0.39 is 5.41 Å². The van der Waals surface area contributed by atoms with E-state index in [2.05, 4.69) is 200 Å². The number of hydrogen-bond donors (Lipinski definition) is 1. The molecule has 1 aliphatic carbocycles. The van der Waals surface area contributed by atoms with Crippen LogP contribution < -0.4 is 4.90 Å². The zero-order chi connectivity index (χ0) is 36.7. The molecule has 262 valence electrons. The van der Waals surface area contributed by atoms with Crippen molar-refractivity contribution in [3.05, 3.63) is 214 Å². The molecule has 8 aromatic carbocycles. The second-order valence-corrected chi connectivity index (χ2v) is 15.3. The van der Waals surface area contributed by atoms with Crippen LogP contribution in [0, 0.1) is 13.8 Å². The fourth-order valence-electron chi connectivity index (χ4n) is 10.1. The van der Waals surface area contributed by atoms with Gasteiger partial charge in [-0.3, -0.25) is 0 Å². The highest BCUT2D eigenvalue weighted by atomic mass is 15.2. The van der Waals surface area contributed by atoms with Crippen LogP contribution in [-0.2, 0) is 11.8 Å². The van der Waals surface area contributed by atoms with Gasteiger partial charge in [-0.05, 0) is 106 Å². The third-order valence-corrected chi connectivity index (χ3v) is 12.4. The van der Waals surface area contributed by atoms with E-state index in [0.29, 0.717) is 0 Å². The molecular formula is C53H40N2. The summed E-state index contributed by atoms with van der Waals surface area (Å²) in [7, 11) is 0. The Labute approximate surface area is 322 Å². The zero-order valence-corrected chi connectivity index (χ0v) is 31.1. The van der Waals surface area contributed by atoms with E-state index in [1.54, 1.807) is 0 Å². The zero-order valence-electron chi connectivity index (χ0n) is 31.1. The van der Waals surface area contributed by atoms with Crippen LogP contribution in [0.15, 0.2) is 170 Å². The molecule has 2 aliphatic rings. The molecule has 2 heterocycles. The number of rotatable bonds is 4. The lowest BCUT2D eigenvalue weighted by Crippen LogP contribution is -2.38. The number of hydrogen-bond acceptors (Lipinski definition) is 1. The number of H-pyrrole nitrogens is 1. The maximum Gasteiger partial charge on any atom is 0.0742 e. The van der Waals surface area contributed by atoms with Crippen LogP contribution in [0.4, 0.5) is 17.1 Å². The monoisotopic (exact) mass is 704 g/mol. The normalized spacial score (nSPS) is 14.3. The Morgan fingerprint density at radius 3 is 2.11 bits per heavy atom. The Morgan fingerprint density at radius 1 is 0.600 bits per heavy atom. The molecule has 0 spiro atoms. The van der Waals surface area contributed by atoms with E-state index in [1.807, 2.05) is 0 Å². The average molecular weight is 705 g/mol. The van der Waals surface area contributed by atoms with Crippen LogP contribution in [0.1, 0.15) is 50.9 Å². The molecule has 2 heteroatoms. The number of aromatic amines is 1. The first-order chi connectivity index (χ1) is 27.1.